The maximum Gasteiger partial charge on any atom is 0.243 e. The molecule has 4 nitrogen and oxygen atoms in total. The molecule has 0 bridgehead atoms. The fraction of sp³-hybridized carbons (Fsp3) is 0.571. The molecule has 6 heteroatoms. The summed E-state index contributed by atoms with van der Waals surface area (Å²) in [6.45, 7) is 4.09. The van der Waals surface area contributed by atoms with Crippen LogP contribution >= 0.6 is 15.9 Å². The quantitative estimate of drug-likeness (QED) is 0.880. The molecule has 0 amide bonds. The lowest BCUT2D eigenvalue weighted by molar-refractivity contribution is 0.339. The minimum absolute atomic E-state index is 0.325. The van der Waals surface area contributed by atoms with E-state index in [1.807, 2.05) is 19.1 Å². The van der Waals surface area contributed by atoms with E-state index in [0.717, 1.165) is 29.4 Å². The van der Waals surface area contributed by atoms with Gasteiger partial charge in [-0.2, -0.15) is 4.31 Å². The second kappa shape index (κ2) is 5.40. The van der Waals surface area contributed by atoms with E-state index >= 15 is 0 Å². The Hall–Kier alpha value is -0.430. The molecule has 20 heavy (non-hydrogen) atoms. The summed E-state index contributed by atoms with van der Waals surface area (Å²) in [5, 5.41) is 3.45. The molecule has 2 fully saturated rings. The summed E-state index contributed by atoms with van der Waals surface area (Å²) in [5.74, 6) is 0.464. The molecule has 1 aromatic rings. The Morgan fingerprint density at radius 1 is 1.35 bits per heavy atom. The van der Waals surface area contributed by atoms with Crippen molar-refractivity contribution in [2.24, 2.45) is 5.92 Å². The van der Waals surface area contributed by atoms with Crippen molar-refractivity contribution in [1.82, 2.24) is 9.62 Å². The third-order valence-corrected chi connectivity index (χ3v) is 6.80. The van der Waals surface area contributed by atoms with Gasteiger partial charge in [0.2, 0.25) is 10.0 Å². The van der Waals surface area contributed by atoms with Gasteiger partial charge in [0.15, 0.2) is 0 Å². The molecule has 0 saturated carbocycles. The van der Waals surface area contributed by atoms with Gasteiger partial charge in [-0.3, -0.25) is 0 Å². The smallest absolute Gasteiger partial charge is 0.243 e. The molecular weight excluding hydrogens is 340 g/mol. The zero-order valence-electron chi connectivity index (χ0n) is 11.5. The van der Waals surface area contributed by atoms with Crippen LogP contribution in [0.15, 0.2) is 27.6 Å². The highest BCUT2D eigenvalue weighted by Crippen LogP contribution is 2.31. The first-order valence-corrected chi connectivity index (χ1v) is 9.21. The molecule has 0 aliphatic carbocycles. The van der Waals surface area contributed by atoms with Gasteiger partial charge in [0.05, 0.1) is 4.90 Å². The van der Waals surface area contributed by atoms with Crippen molar-refractivity contribution >= 4 is 26.0 Å². The average Bonchev–Trinajstić information content (AvgIpc) is 2.86. The van der Waals surface area contributed by atoms with E-state index in [4.69, 9.17) is 0 Å². The van der Waals surface area contributed by atoms with Gasteiger partial charge in [-0.25, -0.2) is 8.42 Å². The lowest BCUT2D eigenvalue weighted by Gasteiger charge is -2.24. The van der Waals surface area contributed by atoms with Crippen molar-refractivity contribution in [3.8, 4) is 0 Å². The number of nitrogens with zero attached hydrogens (tertiary/aromatic N) is 1. The number of hydrogen-bond acceptors (Lipinski definition) is 3. The molecule has 2 heterocycles. The van der Waals surface area contributed by atoms with Gasteiger partial charge < -0.3 is 5.32 Å². The molecular formula is C14H19BrN2O2S. The normalized spacial score (nSPS) is 27.5. The zero-order valence-corrected chi connectivity index (χ0v) is 13.9. The minimum atomic E-state index is -3.39. The second-order valence-corrected chi connectivity index (χ2v) is 8.52. The first-order chi connectivity index (χ1) is 9.48. The predicted molar refractivity (Wildman–Crippen MR) is 82.2 cm³/mol. The van der Waals surface area contributed by atoms with Crippen LogP contribution in [0.5, 0.6) is 0 Å². The van der Waals surface area contributed by atoms with E-state index < -0.39 is 10.0 Å². The van der Waals surface area contributed by atoms with Crippen LogP contribution in [0.3, 0.4) is 0 Å². The number of benzene rings is 1. The summed E-state index contributed by atoms with van der Waals surface area (Å²) in [4.78, 5) is 0.422. The largest absolute Gasteiger partial charge is 0.312 e. The molecule has 2 atom stereocenters. The van der Waals surface area contributed by atoms with E-state index in [2.05, 4.69) is 21.2 Å². The zero-order chi connectivity index (χ0) is 14.3. The van der Waals surface area contributed by atoms with Crippen LogP contribution < -0.4 is 5.32 Å². The Morgan fingerprint density at radius 3 is 2.90 bits per heavy atom. The first kappa shape index (κ1) is 14.5. The average molecular weight is 359 g/mol. The van der Waals surface area contributed by atoms with Gasteiger partial charge in [0.25, 0.3) is 0 Å². The van der Waals surface area contributed by atoms with E-state index in [1.165, 1.54) is 0 Å². The molecule has 0 unspecified atom stereocenters. The summed E-state index contributed by atoms with van der Waals surface area (Å²) in [6.07, 6.45) is 2.27. The molecule has 1 aromatic carbocycles. The molecule has 2 aliphatic heterocycles. The molecule has 1 N–H and O–H groups in total. The monoisotopic (exact) mass is 358 g/mol. The molecule has 3 rings (SSSR count). The van der Waals surface area contributed by atoms with Crippen LogP contribution in [0.2, 0.25) is 0 Å². The van der Waals surface area contributed by atoms with E-state index in [0.29, 0.717) is 29.9 Å². The number of fused-ring (bicyclic) bond motifs is 1. The van der Waals surface area contributed by atoms with Crippen LogP contribution in [-0.2, 0) is 10.0 Å². The number of sulfonamides is 1. The number of nitrogens with one attached hydrogen (secondary N) is 1. The summed E-state index contributed by atoms with van der Waals surface area (Å²) in [7, 11) is -3.39. The lowest BCUT2D eigenvalue weighted by Crippen LogP contribution is -2.41. The predicted octanol–water partition coefficient (Wildman–Crippen LogP) is 2.13. The standard InChI is InChI=1S/C14H19BrN2O2S/c1-10-4-5-12(15)7-14(10)20(18,19)17-8-11-3-2-6-16-13(11)9-17/h4-5,7,11,13,16H,2-3,6,8-9H2,1H3/t11-,13+/m0/s1. The highest BCUT2D eigenvalue weighted by atomic mass is 79.9. The topological polar surface area (TPSA) is 49.4 Å². The van der Waals surface area contributed by atoms with Crippen LogP contribution in [-0.4, -0.2) is 38.4 Å². The highest BCUT2D eigenvalue weighted by Gasteiger charge is 2.40. The Labute approximate surface area is 128 Å². The van der Waals surface area contributed by atoms with Gasteiger partial charge in [0.1, 0.15) is 0 Å². The molecule has 110 valence electrons. The number of piperidine rings is 1. The molecule has 0 spiro atoms. The number of rotatable bonds is 2. The number of halogens is 1. The van der Waals surface area contributed by atoms with Crippen LogP contribution in [0, 0.1) is 12.8 Å². The lowest BCUT2D eigenvalue weighted by atomic mass is 9.94. The molecule has 2 saturated heterocycles. The summed E-state index contributed by atoms with van der Waals surface area (Å²) < 4.78 is 28.1. The molecule has 0 aromatic heterocycles. The van der Waals surface area contributed by atoms with Crippen molar-refractivity contribution in [3.05, 3.63) is 28.2 Å². The van der Waals surface area contributed by atoms with Crippen LogP contribution in [0.25, 0.3) is 0 Å². The van der Waals surface area contributed by atoms with Crippen molar-refractivity contribution in [1.29, 1.82) is 0 Å². The Kier molecular flexibility index (Phi) is 3.92. The Morgan fingerprint density at radius 2 is 2.15 bits per heavy atom. The van der Waals surface area contributed by atoms with Gasteiger partial charge in [0, 0.05) is 23.6 Å². The summed E-state index contributed by atoms with van der Waals surface area (Å²) in [6, 6.07) is 5.75. The molecule has 0 radical (unpaired) electrons. The maximum atomic E-state index is 12.8. The highest BCUT2D eigenvalue weighted by molar-refractivity contribution is 9.10. The van der Waals surface area contributed by atoms with Crippen LogP contribution in [0.4, 0.5) is 0 Å². The van der Waals surface area contributed by atoms with Gasteiger partial charge in [-0.1, -0.05) is 22.0 Å². The fourth-order valence-electron chi connectivity index (χ4n) is 3.19. The van der Waals surface area contributed by atoms with Crippen molar-refractivity contribution < 1.29 is 8.42 Å². The molecule has 2 aliphatic rings. The van der Waals surface area contributed by atoms with Gasteiger partial charge >= 0.3 is 0 Å². The summed E-state index contributed by atoms with van der Waals surface area (Å²) >= 11 is 3.36. The van der Waals surface area contributed by atoms with Crippen molar-refractivity contribution in [2.75, 3.05) is 19.6 Å². The maximum absolute atomic E-state index is 12.8. The Bertz CT molecular complexity index is 604. The van der Waals surface area contributed by atoms with Gasteiger partial charge in [-0.15, -0.1) is 0 Å². The third-order valence-electron chi connectivity index (χ3n) is 4.33. The third kappa shape index (κ3) is 2.54. The van der Waals surface area contributed by atoms with E-state index in [-0.39, 0.29) is 0 Å². The van der Waals surface area contributed by atoms with E-state index in [1.54, 1.807) is 10.4 Å². The van der Waals surface area contributed by atoms with Crippen molar-refractivity contribution in [2.45, 2.75) is 30.7 Å². The second-order valence-electron chi connectivity index (χ2n) is 5.69. The fourth-order valence-corrected chi connectivity index (χ4v) is 5.48. The van der Waals surface area contributed by atoms with E-state index in [9.17, 15) is 8.42 Å². The van der Waals surface area contributed by atoms with Crippen molar-refractivity contribution in [3.63, 3.8) is 0 Å². The van der Waals surface area contributed by atoms with Crippen LogP contribution in [0.1, 0.15) is 18.4 Å². The summed E-state index contributed by atoms with van der Waals surface area (Å²) in [5.41, 5.74) is 0.802. The Balaban J connectivity index is 1.91. The first-order valence-electron chi connectivity index (χ1n) is 6.98. The van der Waals surface area contributed by atoms with Gasteiger partial charge in [-0.05, 0) is 49.9 Å². The SMILES string of the molecule is Cc1ccc(Br)cc1S(=O)(=O)N1C[C@@H]2CCCN[C@@H]2C1. The minimum Gasteiger partial charge on any atom is -0.312 e. The number of hydrogen-bond donors (Lipinski definition) is 1. The number of aryl methyl sites for hydroxylation is 1.